The zero-order chi connectivity index (χ0) is 36.0. The lowest BCUT2D eigenvalue weighted by atomic mass is 9.75. The molecule has 0 saturated heterocycles. The largest absolute Gasteiger partial charge is 0.481 e. The van der Waals surface area contributed by atoms with E-state index in [1.54, 1.807) is 43.0 Å². The molecule has 0 fully saturated rings. The quantitative estimate of drug-likeness (QED) is 0.217. The first-order valence-electron chi connectivity index (χ1n) is 16.7. The molecule has 264 valence electrons. The van der Waals surface area contributed by atoms with Gasteiger partial charge in [-0.05, 0) is 79.0 Å². The minimum absolute atomic E-state index is 0.00505. The van der Waals surface area contributed by atoms with Gasteiger partial charge in [0.15, 0.2) is 21.5 Å². The van der Waals surface area contributed by atoms with Crippen LogP contribution in [0.25, 0.3) is 22.4 Å². The van der Waals surface area contributed by atoms with E-state index in [1.807, 2.05) is 45.0 Å². The number of aliphatic carboxylic acids is 1. The number of benzene rings is 2. The summed E-state index contributed by atoms with van der Waals surface area (Å²) in [4.78, 5) is 24.4. The number of nitrogens with one attached hydrogen (secondary N) is 1. The van der Waals surface area contributed by atoms with Gasteiger partial charge in [0.25, 0.3) is 0 Å². The number of carboxylic acids is 1. The van der Waals surface area contributed by atoms with Crippen LogP contribution >= 0.6 is 0 Å². The highest BCUT2D eigenvalue weighted by molar-refractivity contribution is 7.91. The van der Waals surface area contributed by atoms with E-state index < -0.39 is 49.2 Å². The third-order valence-electron chi connectivity index (χ3n) is 9.81. The van der Waals surface area contributed by atoms with Gasteiger partial charge in [0.1, 0.15) is 11.5 Å². The van der Waals surface area contributed by atoms with E-state index in [4.69, 9.17) is 10.1 Å². The topological polar surface area (TPSA) is 148 Å². The van der Waals surface area contributed by atoms with Gasteiger partial charge in [-0.2, -0.15) is 5.10 Å². The molecule has 0 aliphatic carbocycles. The molecule has 4 bridgehead atoms. The number of carboxylic acid groups (broad SMARTS) is 1. The van der Waals surface area contributed by atoms with Gasteiger partial charge in [0.2, 0.25) is 0 Å². The first kappa shape index (κ1) is 35.6. The zero-order valence-electron chi connectivity index (χ0n) is 28.9. The van der Waals surface area contributed by atoms with Crippen molar-refractivity contribution in [3.05, 3.63) is 89.3 Å². The summed E-state index contributed by atoms with van der Waals surface area (Å²) >= 11 is 0. The maximum absolute atomic E-state index is 15.8. The predicted octanol–water partition coefficient (Wildman–Crippen LogP) is 6.40. The van der Waals surface area contributed by atoms with Crippen LogP contribution in [0.4, 0.5) is 4.39 Å². The molecular formula is C37H42FN5O5S2. The first-order valence-corrected chi connectivity index (χ1v) is 19.6. The maximum atomic E-state index is 15.8. The number of pyridine rings is 1. The van der Waals surface area contributed by atoms with E-state index >= 15 is 4.39 Å². The van der Waals surface area contributed by atoms with Crippen molar-refractivity contribution >= 4 is 37.5 Å². The number of H-pyrrole nitrogens is 1. The number of hydrogen-bond acceptors (Lipinski definition) is 7. The second-order valence-electron chi connectivity index (χ2n) is 14.5. The molecule has 4 heterocycles. The summed E-state index contributed by atoms with van der Waals surface area (Å²) in [5.41, 5.74) is 1.78. The highest BCUT2D eigenvalue weighted by atomic mass is 32.2. The number of fused-ring (bicyclic) bond motifs is 8. The van der Waals surface area contributed by atoms with E-state index in [2.05, 4.69) is 9.97 Å². The Hall–Kier alpha value is -4.23. The average Bonchev–Trinajstić information content (AvgIpc) is 3.69. The van der Waals surface area contributed by atoms with Gasteiger partial charge in [-0.15, -0.1) is 0 Å². The molecule has 2 aromatic carbocycles. The van der Waals surface area contributed by atoms with Crippen LogP contribution in [0.1, 0.15) is 69.5 Å². The van der Waals surface area contributed by atoms with Crippen LogP contribution < -0.4 is 0 Å². The van der Waals surface area contributed by atoms with Crippen molar-refractivity contribution in [1.82, 2.24) is 24.7 Å². The summed E-state index contributed by atoms with van der Waals surface area (Å²) in [7, 11) is -3.86. The molecule has 3 atom stereocenters. The molecule has 1 aliphatic rings. The number of aromatic amines is 1. The van der Waals surface area contributed by atoms with Crippen LogP contribution in [0.5, 0.6) is 0 Å². The Labute approximate surface area is 293 Å². The van der Waals surface area contributed by atoms with Crippen LogP contribution in [0.3, 0.4) is 0 Å². The van der Waals surface area contributed by atoms with Crippen molar-refractivity contribution in [2.24, 2.45) is 18.4 Å². The molecule has 10 nitrogen and oxygen atoms in total. The van der Waals surface area contributed by atoms with Crippen molar-refractivity contribution in [3.8, 4) is 11.5 Å². The van der Waals surface area contributed by atoms with Crippen LogP contribution in [-0.4, -0.2) is 59.9 Å². The number of aromatic nitrogens is 5. The lowest BCUT2D eigenvalue weighted by molar-refractivity contribution is -0.141. The van der Waals surface area contributed by atoms with Crippen molar-refractivity contribution in [2.45, 2.75) is 75.0 Å². The van der Waals surface area contributed by atoms with E-state index in [1.165, 1.54) is 12.3 Å². The Kier molecular flexibility index (Phi) is 9.59. The number of halogens is 1. The number of sulfone groups is 1. The molecule has 0 spiro atoms. The minimum atomic E-state index is -3.61. The van der Waals surface area contributed by atoms with E-state index in [0.29, 0.717) is 64.4 Å². The highest BCUT2D eigenvalue weighted by Gasteiger charge is 2.36. The van der Waals surface area contributed by atoms with Gasteiger partial charge >= 0.3 is 5.97 Å². The fraction of sp³-hybridized carbons (Fsp3) is 0.405. The normalized spacial score (nSPS) is 21.5. The van der Waals surface area contributed by atoms with Gasteiger partial charge < -0.3 is 10.1 Å². The SMILES string of the molecule is C[C@@H](Cc1cccc([C@@]2(C)CCCC(C)(C)CS(=O)(=O)CCc3c(c(F)cc4[nH]ccc34)S(=O)c3ccnc(c3)-c3nc2nn3C)c1)C(=O)O. The molecule has 13 heteroatoms. The van der Waals surface area contributed by atoms with Gasteiger partial charge in [0, 0.05) is 35.2 Å². The number of carbonyl (C=O) groups is 1. The molecule has 0 amide bonds. The summed E-state index contributed by atoms with van der Waals surface area (Å²) in [6, 6.07) is 14.0. The Morgan fingerprint density at radius 1 is 1.14 bits per heavy atom. The van der Waals surface area contributed by atoms with Gasteiger partial charge in [-0.25, -0.2) is 26.7 Å². The average molecular weight is 720 g/mol. The maximum Gasteiger partial charge on any atom is 0.306 e. The van der Waals surface area contributed by atoms with Crippen molar-refractivity contribution < 1.29 is 26.9 Å². The Balaban J connectivity index is 1.50. The third-order valence-corrected chi connectivity index (χ3v) is 13.4. The fourth-order valence-electron chi connectivity index (χ4n) is 7.07. The van der Waals surface area contributed by atoms with Gasteiger partial charge in [0.05, 0.1) is 38.5 Å². The zero-order valence-corrected chi connectivity index (χ0v) is 30.5. The molecule has 0 saturated carbocycles. The minimum Gasteiger partial charge on any atom is -0.481 e. The fourth-order valence-corrected chi connectivity index (χ4v) is 10.4. The second-order valence-corrected chi connectivity index (χ2v) is 18.1. The van der Waals surface area contributed by atoms with E-state index in [0.717, 1.165) is 11.1 Å². The van der Waals surface area contributed by atoms with Gasteiger partial charge in [-0.3, -0.25) is 9.78 Å². The summed E-state index contributed by atoms with van der Waals surface area (Å²) < 4.78 is 59.0. The standard InChI is InChI=1S/C37H42FN5O5S2/c1-23(34(44)45)18-24-8-6-9-25(19-24)37(4)14-7-13-36(2,3)22-50(47,48)17-12-28-27-11-16-39-30(27)21-29(38)32(28)49(46)26-10-15-40-31(20-26)33-41-35(37)42-43(33)5/h6,8-11,15-16,19-21,23,39H,7,12-14,17-18,22H2,1-5H3,(H,44,45)/t23-,37+,49?/m0/s1. The smallest absolute Gasteiger partial charge is 0.306 e. The number of aryl methyl sites for hydroxylation is 2. The summed E-state index contributed by atoms with van der Waals surface area (Å²) in [6.45, 7) is 7.61. The molecule has 6 rings (SSSR count). The highest BCUT2D eigenvalue weighted by Crippen LogP contribution is 2.39. The lowest BCUT2D eigenvalue weighted by Gasteiger charge is -2.31. The van der Waals surface area contributed by atoms with Crippen LogP contribution in [-0.2, 0) is 50.7 Å². The molecule has 3 aromatic heterocycles. The van der Waals surface area contributed by atoms with Crippen molar-refractivity contribution in [1.29, 1.82) is 0 Å². The number of rotatable bonds is 4. The molecule has 2 N–H and O–H groups in total. The lowest BCUT2D eigenvalue weighted by Crippen LogP contribution is -2.29. The van der Waals surface area contributed by atoms with Crippen LogP contribution in [0, 0.1) is 17.2 Å². The molecule has 1 unspecified atom stereocenters. The van der Waals surface area contributed by atoms with Crippen LogP contribution in [0.15, 0.2) is 70.7 Å². The third kappa shape index (κ3) is 7.16. The first-order chi connectivity index (χ1) is 23.6. The van der Waals surface area contributed by atoms with Gasteiger partial charge in [-0.1, -0.05) is 51.5 Å². The molecule has 0 radical (unpaired) electrons. The van der Waals surface area contributed by atoms with Crippen molar-refractivity contribution in [3.63, 3.8) is 0 Å². The summed E-state index contributed by atoms with van der Waals surface area (Å²) in [5, 5.41) is 15.0. The summed E-state index contributed by atoms with van der Waals surface area (Å²) in [6.07, 6.45) is 5.37. The summed E-state index contributed by atoms with van der Waals surface area (Å²) in [5.74, 6) is -1.45. The molecule has 5 aromatic rings. The predicted molar refractivity (Wildman–Crippen MR) is 191 cm³/mol. The number of hydrogen-bond donors (Lipinski definition) is 2. The Bertz CT molecular complexity index is 2230. The van der Waals surface area contributed by atoms with Crippen LogP contribution in [0.2, 0.25) is 0 Å². The van der Waals surface area contributed by atoms with E-state index in [9.17, 15) is 22.5 Å². The molecule has 50 heavy (non-hydrogen) atoms. The van der Waals surface area contributed by atoms with E-state index in [-0.39, 0.29) is 22.8 Å². The number of nitrogens with zero attached hydrogens (tertiary/aromatic N) is 4. The Morgan fingerprint density at radius 2 is 1.92 bits per heavy atom. The molecular weight excluding hydrogens is 678 g/mol. The molecule has 1 aliphatic heterocycles. The second kappa shape index (κ2) is 13.5. The monoisotopic (exact) mass is 719 g/mol. The Morgan fingerprint density at radius 3 is 2.68 bits per heavy atom. The van der Waals surface area contributed by atoms with Crippen molar-refractivity contribution in [2.75, 3.05) is 11.5 Å².